The highest BCUT2D eigenvalue weighted by Gasteiger charge is 2.32. The Morgan fingerprint density at radius 1 is 1.50 bits per heavy atom. The van der Waals surface area contributed by atoms with Crippen molar-refractivity contribution in [3.05, 3.63) is 66.0 Å². The van der Waals surface area contributed by atoms with Crippen molar-refractivity contribution in [1.29, 1.82) is 0 Å². The number of nitrogens with zero attached hydrogens (tertiary/aromatic N) is 2. The lowest BCUT2D eigenvalue weighted by atomic mass is 10.1. The zero-order chi connectivity index (χ0) is 21.7. The molecule has 1 aliphatic heterocycles. The van der Waals surface area contributed by atoms with E-state index in [1.165, 1.54) is 36.4 Å². The fourth-order valence-electron chi connectivity index (χ4n) is 2.86. The van der Waals surface area contributed by atoms with Crippen LogP contribution < -0.4 is 21.3 Å². The fraction of sp³-hybridized carbons (Fsp3) is 0.250. The van der Waals surface area contributed by atoms with Crippen LogP contribution in [0, 0.1) is 5.82 Å². The van der Waals surface area contributed by atoms with Gasteiger partial charge in [0.1, 0.15) is 18.0 Å². The second kappa shape index (κ2) is 9.23. The molecule has 2 atom stereocenters. The van der Waals surface area contributed by atoms with Gasteiger partial charge < -0.3 is 26.2 Å². The van der Waals surface area contributed by atoms with Gasteiger partial charge in [0.2, 0.25) is 5.91 Å². The number of carbonyl (C=O) groups excluding carboxylic acids is 2. The number of anilines is 2. The molecular weight excluding hydrogens is 393 g/mol. The third kappa shape index (κ3) is 5.03. The minimum atomic E-state index is -1.09. The fourth-order valence-corrected chi connectivity index (χ4v) is 2.86. The number of carbonyl (C=O) groups is 2. The lowest BCUT2D eigenvalue weighted by Gasteiger charge is -2.15. The van der Waals surface area contributed by atoms with E-state index in [0.717, 1.165) is 0 Å². The van der Waals surface area contributed by atoms with Gasteiger partial charge in [0.25, 0.3) is 0 Å². The predicted octanol–water partition coefficient (Wildman–Crippen LogP) is 1.63. The van der Waals surface area contributed by atoms with Crippen LogP contribution in [0.5, 0.6) is 0 Å². The molecule has 5 N–H and O–H groups in total. The maximum atomic E-state index is 14.5. The maximum absolute atomic E-state index is 14.5. The Kier molecular flexibility index (Phi) is 6.48. The first-order chi connectivity index (χ1) is 14.3. The summed E-state index contributed by atoms with van der Waals surface area (Å²) in [6.45, 7) is 1.74. The molecule has 2 heterocycles. The summed E-state index contributed by atoms with van der Waals surface area (Å²) in [7, 11) is 0. The number of aliphatic hydroxyl groups is 1. The van der Waals surface area contributed by atoms with Gasteiger partial charge in [-0.25, -0.2) is 9.18 Å². The number of aliphatic hydroxyl groups excluding tert-OH is 1. The first-order valence-corrected chi connectivity index (χ1v) is 9.17. The van der Waals surface area contributed by atoms with E-state index < -0.39 is 24.1 Å². The van der Waals surface area contributed by atoms with Gasteiger partial charge in [-0.05, 0) is 24.3 Å². The molecule has 2 aromatic rings. The number of aromatic nitrogens is 1. The number of ether oxygens (including phenoxy) is 1. The van der Waals surface area contributed by atoms with Crippen molar-refractivity contribution in [2.75, 3.05) is 23.3 Å². The average molecular weight is 415 g/mol. The third-order valence-electron chi connectivity index (χ3n) is 4.43. The highest BCUT2D eigenvalue weighted by atomic mass is 19.1. The van der Waals surface area contributed by atoms with Crippen molar-refractivity contribution in [3.8, 4) is 0 Å². The first-order valence-electron chi connectivity index (χ1n) is 9.17. The summed E-state index contributed by atoms with van der Waals surface area (Å²) in [5.41, 5.74) is 6.88. The highest BCUT2D eigenvalue weighted by Crippen LogP contribution is 2.26. The van der Waals surface area contributed by atoms with Gasteiger partial charge in [-0.3, -0.25) is 14.7 Å². The Labute approximate surface area is 172 Å². The number of halogens is 1. The average Bonchev–Trinajstić information content (AvgIpc) is 3.11. The molecule has 10 heteroatoms. The molecule has 3 rings (SSSR count). The van der Waals surface area contributed by atoms with Crippen LogP contribution in [0.4, 0.5) is 20.6 Å². The van der Waals surface area contributed by atoms with Gasteiger partial charge in [-0.15, -0.1) is 0 Å². The predicted molar refractivity (Wildman–Crippen MR) is 108 cm³/mol. The molecule has 1 aromatic carbocycles. The van der Waals surface area contributed by atoms with Crippen LogP contribution in [0.3, 0.4) is 0 Å². The van der Waals surface area contributed by atoms with Crippen LogP contribution in [0.1, 0.15) is 18.6 Å². The summed E-state index contributed by atoms with van der Waals surface area (Å²) in [6.07, 6.45) is 2.13. The van der Waals surface area contributed by atoms with Crippen LogP contribution in [0.25, 0.3) is 0 Å². The monoisotopic (exact) mass is 415 g/mol. The molecule has 1 fully saturated rings. The van der Waals surface area contributed by atoms with Gasteiger partial charge in [0, 0.05) is 31.1 Å². The second-order valence-electron chi connectivity index (χ2n) is 6.70. The van der Waals surface area contributed by atoms with Crippen LogP contribution in [-0.2, 0) is 9.53 Å². The van der Waals surface area contributed by atoms with Crippen LogP contribution in [-0.4, -0.2) is 41.3 Å². The lowest BCUT2D eigenvalue weighted by molar-refractivity contribution is -0.119. The van der Waals surface area contributed by atoms with Gasteiger partial charge >= 0.3 is 6.09 Å². The molecule has 2 unspecified atom stereocenters. The van der Waals surface area contributed by atoms with E-state index in [-0.39, 0.29) is 30.4 Å². The Balaban J connectivity index is 1.65. The van der Waals surface area contributed by atoms with Crippen molar-refractivity contribution < 1.29 is 23.8 Å². The van der Waals surface area contributed by atoms with Crippen LogP contribution in [0.2, 0.25) is 0 Å². The van der Waals surface area contributed by atoms with E-state index in [1.54, 1.807) is 24.4 Å². The van der Waals surface area contributed by atoms with Crippen molar-refractivity contribution in [3.63, 3.8) is 0 Å². The largest absolute Gasteiger partial charge is 0.442 e. The van der Waals surface area contributed by atoms with E-state index in [0.29, 0.717) is 11.3 Å². The van der Waals surface area contributed by atoms with Crippen molar-refractivity contribution in [2.45, 2.75) is 19.1 Å². The Bertz CT molecular complexity index is 953. The standard InChI is InChI=1S/C20H22FN5O4/c1-12(27)24-9-15-11-26(20(29)30-15)14-4-5-18(16(21)7-14)25-10-17(22)19(28)13-3-2-6-23-8-13/h2-8,10,15,19,25,28H,9,11,22H2,1H3,(H,24,27)/b17-10-. The van der Waals surface area contributed by atoms with Crippen LogP contribution in [0.15, 0.2) is 54.6 Å². The molecule has 1 aliphatic rings. The first kappa shape index (κ1) is 21.1. The third-order valence-corrected chi connectivity index (χ3v) is 4.43. The summed E-state index contributed by atoms with van der Waals surface area (Å²) >= 11 is 0. The zero-order valence-electron chi connectivity index (χ0n) is 16.2. The molecule has 0 spiro atoms. The summed E-state index contributed by atoms with van der Waals surface area (Å²) in [5.74, 6) is -0.850. The van der Waals surface area contributed by atoms with E-state index in [9.17, 15) is 19.1 Å². The molecule has 2 amide bonds. The number of benzene rings is 1. The molecular formula is C20H22FN5O4. The number of pyridine rings is 1. The van der Waals surface area contributed by atoms with E-state index in [4.69, 9.17) is 10.5 Å². The quantitative estimate of drug-likeness (QED) is 0.541. The normalized spacial score (nSPS) is 17.4. The number of amides is 2. The number of nitrogens with two attached hydrogens (primary N) is 1. The highest BCUT2D eigenvalue weighted by molar-refractivity contribution is 5.90. The van der Waals surface area contributed by atoms with Crippen molar-refractivity contribution >= 4 is 23.4 Å². The molecule has 1 saturated heterocycles. The Morgan fingerprint density at radius 2 is 2.30 bits per heavy atom. The number of hydrogen-bond donors (Lipinski definition) is 4. The van der Waals surface area contributed by atoms with Crippen LogP contribution >= 0.6 is 0 Å². The van der Waals surface area contributed by atoms with Crippen molar-refractivity contribution in [1.82, 2.24) is 10.3 Å². The molecule has 0 saturated carbocycles. The molecule has 0 radical (unpaired) electrons. The number of cyclic esters (lactones) is 1. The Hall–Kier alpha value is -3.66. The molecule has 30 heavy (non-hydrogen) atoms. The van der Waals surface area contributed by atoms with Crippen molar-refractivity contribution in [2.24, 2.45) is 5.73 Å². The Morgan fingerprint density at radius 3 is 2.97 bits per heavy atom. The molecule has 1 aromatic heterocycles. The van der Waals surface area contributed by atoms with E-state index >= 15 is 0 Å². The molecule has 0 bridgehead atoms. The number of rotatable bonds is 7. The topological polar surface area (TPSA) is 130 Å². The lowest BCUT2D eigenvalue weighted by Crippen LogP contribution is -2.33. The van der Waals surface area contributed by atoms with Gasteiger partial charge in [0.15, 0.2) is 0 Å². The summed E-state index contributed by atoms with van der Waals surface area (Å²) in [6, 6.07) is 7.52. The maximum Gasteiger partial charge on any atom is 0.414 e. The van der Waals surface area contributed by atoms with E-state index in [2.05, 4.69) is 15.6 Å². The molecule has 158 valence electrons. The molecule has 0 aliphatic carbocycles. The minimum Gasteiger partial charge on any atom is -0.442 e. The van der Waals surface area contributed by atoms with Gasteiger partial charge in [0.05, 0.1) is 30.2 Å². The summed E-state index contributed by atoms with van der Waals surface area (Å²) in [5, 5.41) is 15.5. The van der Waals surface area contributed by atoms with E-state index in [1.807, 2.05) is 0 Å². The zero-order valence-corrected chi connectivity index (χ0v) is 16.2. The SMILES string of the molecule is CC(=O)NCC1CN(c2ccc(N/C=C(\N)C(O)c3cccnc3)c(F)c2)C(=O)O1. The summed E-state index contributed by atoms with van der Waals surface area (Å²) < 4.78 is 19.7. The molecule has 9 nitrogen and oxygen atoms in total. The van der Waals surface area contributed by atoms with Gasteiger partial charge in [-0.1, -0.05) is 6.07 Å². The summed E-state index contributed by atoms with van der Waals surface area (Å²) in [4.78, 5) is 28.2. The second-order valence-corrected chi connectivity index (χ2v) is 6.70. The smallest absolute Gasteiger partial charge is 0.414 e. The minimum absolute atomic E-state index is 0.0791. The number of hydrogen-bond acceptors (Lipinski definition) is 7. The number of nitrogens with one attached hydrogen (secondary N) is 2. The van der Waals surface area contributed by atoms with Gasteiger partial charge in [-0.2, -0.15) is 0 Å².